The number of aryl methyl sites for hydroxylation is 3. The minimum atomic E-state index is 0. The summed E-state index contributed by atoms with van der Waals surface area (Å²) in [6.07, 6.45) is 7.64. The molecule has 7 nitrogen and oxygen atoms in total. The molecule has 0 amide bonds. The quantitative estimate of drug-likeness (QED) is 0.155. The minimum absolute atomic E-state index is 0. The van der Waals surface area contributed by atoms with Crippen LogP contribution in [0.25, 0.3) is 45.3 Å². The molecule has 3 aromatic heterocycles. The van der Waals surface area contributed by atoms with E-state index >= 15 is 0 Å². The van der Waals surface area contributed by atoms with Gasteiger partial charge in [-0.15, -0.1) is 53.6 Å². The summed E-state index contributed by atoms with van der Waals surface area (Å²) in [7, 11) is 0. The molecular formula is C45H46IrN6O-2. The van der Waals surface area contributed by atoms with E-state index in [1.165, 1.54) is 33.5 Å². The summed E-state index contributed by atoms with van der Waals surface area (Å²) in [5, 5.41) is 9.15. The average Bonchev–Trinajstić information content (AvgIpc) is 3.87. The van der Waals surface area contributed by atoms with Crippen molar-refractivity contribution in [2.45, 2.75) is 86.5 Å². The second kappa shape index (κ2) is 15.9. The van der Waals surface area contributed by atoms with Crippen LogP contribution in [-0.2, 0) is 25.5 Å². The number of benzene rings is 4. The van der Waals surface area contributed by atoms with E-state index in [1.807, 2.05) is 43.7 Å². The van der Waals surface area contributed by atoms with Crippen LogP contribution < -0.4 is 0 Å². The standard InChI is InChI=1S/C23H24N3O.C22H22N3.Ir/c1-14(2)18-7-6-8-19(15(3)4)22(18)26-12-11-24-23(26)17-9-10-21-20(13-17)25-16(5)27-21;1-15-11-19(22(3,4)5)12-16(2)20(15)25-10-9-24-21(25)18-8-6-7-17(13-18)14-23;/h6-8,10-15H,1-5H3;6-7,9-13H,1-5H3;/q2*-1;. The molecule has 53 heavy (non-hydrogen) atoms. The third-order valence-corrected chi connectivity index (χ3v) is 9.30. The summed E-state index contributed by atoms with van der Waals surface area (Å²) in [5.74, 6) is 3.16. The summed E-state index contributed by atoms with van der Waals surface area (Å²) < 4.78 is 9.86. The summed E-state index contributed by atoms with van der Waals surface area (Å²) >= 11 is 0. The van der Waals surface area contributed by atoms with E-state index in [4.69, 9.17) is 9.68 Å². The van der Waals surface area contributed by atoms with Crippen molar-refractivity contribution in [3.05, 3.63) is 137 Å². The average molecular weight is 879 g/mol. The van der Waals surface area contributed by atoms with Crippen LogP contribution in [0, 0.1) is 44.2 Å². The molecule has 3 heterocycles. The molecule has 7 rings (SSSR count). The molecule has 0 bridgehead atoms. The minimum Gasteiger partial charge on any atom is -0.488 e. The first-order valence-corrected chi connectivity index (χ1v) is 17.8. The van der Waals surface area contributed by atoms with Crippen molar-refractivity contribution < 1.29 is 24.5 Å². The Bertz CT molecular complexity index is 2360. The van der Waals surface area contributed by atoms with Gasteiger partial charge < -0.3 is 13.6 Å². The maximum absolute atomic E-state index is 9.15. The van der Waals surface area contributed by atoms with Gasteiger partial charge >= 0.3 is 0 Å². The first kappa shape index (κ1) is 39.1. The van der Waals surface area contributed by atoms with Gasteiger partial charge in [-0.1, -0.05) is 78.8 Å². The van der Waals surface area contributed by atoms with E-state index in [0.717, 1.165) is 39.6 Å². The van der Waals surface area contributed by atoms with Gasteiger partial charge in [0.1, 0.15) is 0 Å². The van der Waals surface area contributed by atoms with Gasteiger partial charge in [-0.3, -0.25) is 9.97 Å². The Kier molecular flexibility index (Phi) is 11.7. The van der Waals surface area contributed by atoms with E-state index in [-0.39, 0.29) is 25.5 Å². The maximum atomic E-state index is 9.15. The fourth-order valence-corrected chi connectivity index (χ4v) is 6.71. The molecule has 0 aliphatic carbocycles. The molecule has 1 radical (unpaired) electrons. The van der Waals surface area contributed by atoms with E-state index < -0.39 is 0 Å². The van der Waals surface area contributed by atoms with Gasteiger partial charge in [-0.25, -0.2) is 4.98 Å². The number of para-hydroxylation sites is 1. The predicted octanol–water partition coefficient (Wildman–Crippen LogP) is 11.2. The molecule has 0 unspecified atom stereocenters. The molecule has 0 fully saturated rings. The summed E-state index contributed by atoms with van der Waals surface area (Å²) in [5.41, 5.74) is 12.8. The molecule has 8 heteroatoms. The van der Waals surface area contributed by atoms with Crippen molar-refractivity contribution in [1.29, 1.82) is 5.26 Å². The molecule has 7 aromatic rings. The molecule has 0 saturated carbocycles. The van der Waals surface area contributed by atoms with Crippen LogP contribution in [0.4, 0.5) is 0 Å². The van der Waals surface area contributed by atoms with Gasteiger partial charge in [-0.2, -0.15) is 5.26 Å². The Labute approximate surface area is 327 Å². The van der Waals surface area contributed by atoms with Crippen LogP contribution in [0.3, 0.4) is 0 Å². The molecule has 0 saturated heterocycles. The molecule has 273 valence electrons. The summed E-state index contributed by atoms with van der Waals surface area (Å²) in [6, 6.07) is 29.0. The molecule has 0 spiro atoms. The Balaban J connectivity index is 0.000000201. The zero-order valence-electron chi connectivity index (χ0n) is 32.2. The first-order chi connectivity index (χ1) is 24.8. The van der Waals surface area contributed by atoms with E-state index in [0.29, 0.717) is 23.3 Å². The number of hydrogen-bond acceptors (Lipinski definition) is 5. The third-order valence-electron chi connectivity index (χ3n) is 9.30. The second-order valence-corrected chi connectivity index (χ2v) is 15.0. The van der Waals surface area contributed by atoms with Crippen LogP contribution in [0.5, 0.6) is 0 Å². The summed E-state index contributed by atoms with van der Waals surface area (Å²) in [6.45, 7) is 21.7. The molecule has 4 aromatic carbocycles. The van der Waals surface area contributed by atoms with Gasteiger partial charge in [0.05, 0.1) is 23.3 Å². The van der Waals surface area contributed by atoms with Crippen molar-refractivity contribution in [2.75, 3.05) is 0 Å². The molecule has 0 N–H and O–H groups in total. The van der Waals surface area contributed by atoms with Gasteiger partial charge in [-0.05, 0) is 64.5 Å². The number of fused-ring (bicyclic) bond motifs is 1. The molecule has 0 aliphatic heterocycles. The van der Waals surface area contributed by atoms with E-state index in [1.54, 1.807) is 18.3 Å². The monoisotopic (exact) mass is 879 g/mol. The number of hydrogen-bond donors (Lipinski definition) is 0. The smallest absolute Gasteiger partial charge is 0.180 e. The Morgan fingerprint density at radius 2 is 1.34 bits per heavy atom. The van der Waals surface area contributed by atoms with Gasteiger partial charge in [0.2, 0.25) is 0 Å². The van der Waals surface area contributed by atoms with E-state index in [9.17, 15) is 0 Å². The predicted molar refractivity (Wildman–Crippen MR) is 209 cm³/mol. The van der Waals surface area contributed by atoms with Crippen LogP contribution >= 0.6 is 0 Å². The number of nitriles is 1. The van der Waals surface area contributed by atoms with Crippen molar-refractivity contribution >= 4 is 11.1 Å². The number of aromatic nitrogens is 5. The maximum Gasteiger partial charge on any atom is 0.180 e. The van der Waals surface area contributed by atoms with Crippen LogP contribution in [0.2, 0.25) is 0 Å². The summed E-state index contributed by atoms with van der Waals surface area (Å²) in [4.78, 5) is 13.6. The SMILES string of the molecule is Cc1cc(C(C)(C)C)cc(C)c1-n1ccnc1-c1[c-]ccc(C#N)c1.Cc1nc2cc(-c3nccn3-c3c(C(C)C)cccc3C(C)C)[c-]cc2o1.[Ir]. The third kappa shape index (κ3) is 8.12. The van der Waals surface area contributed by atoms with Crippen molar-refractivity contribution in [1.82, 2.24) is 24.1 Å². The Morgan fingerprint density at radius 3 is 1.89 bits per heavy atom. The molecule has 0 atom stereocenters. The molecular weight excluding hydrogens is 833 g/mol. The van der Waals surface area contributed by atoms with Crippen LogP contribution in [0.15, 0.2) is 89.9 Å². The van der Waals surface area contributed by atoms with Gasteiger partial charge in [0, 0.05) is 68.7 Å². The van der Waals surface area contributed by atoms with Crippen molar-refractivity contribution in [3.63, 3.8) is 0 Å². The fourth-order valence-electron chi connectivity index (χ4n) is 6.71. The van der Waals surface area contributed by atoms with Crippen LogP contribution in [0.1, 0.15) is 99.6 Å². The van der Waals surface area contributed by atoms with Crippen molar-refractivity contribution in [3.8, 4) is 40.2 Å². The zero-order valence-corrected chi connectivity index (χ0v) is 34.6. The number of rotatable bonds is 6. The Morgan fingerprint density at radius 1 is 0.774 bits per heavy atom. The normalized spacial score (nSPS) is 11.4. The molecule has 0 aliphatic rings. The van der Waals surface area contributed by atoms with Crippen LogP contribution in [-0.4, -0.2) is 24.1 Å². The topological polar surface area (TPSA) is 85.5 Å². The van der Waals surface area contributed by atoms with Crippen molar-refractivity contribution in [2.24, 2.45) is 0 Å². The first-order valence-electron chi connectivity index (χ1n) is 17.8. The second-order valence-electron chi connectivity index (χ2n) is 15.0. The number of imidazole rings is 2. The Hall–Kier alpha value is -5.09. The van der Waals surface area contributed by atoms with E-state index in [2.05, 4.69) is 135 Å². The van der Waals surface area contributed by atoms with Gasteiger partial charge in [0.15, 0.2) is 5.89 Å². The van der Waals surface area contributed by atoms with Gasteiger partial charge in [0.25, 0.3) is 0 Å². The largest absolute Gasteiger partial charge is 0.488 e. The number of oxazole rings is 1. The zero-order chi connectivity index (χ0) is 37.3. The fraction of sp³-hybridized carbons (Fsp3) is 0.289. The number of nitrogens with zero attached hydrogens (tertiary/aromatic N) is 6.